The fourth-order valence-corrected chi connectivity index (χ4v) is 3.49. The van der Waals surface area contributed by atoms with Crippen molar-refractivity contribution in [1.82, 2.24) is 20.1 Å². The van der Waals surface area contributed by atoms with E-state index in [-0.39, 0.29) is 5.91 Å². The van der Waals surface area contributed by atoms with Gasteiger partial charge in [-0.15, -0.1) is 22.0 Å². The third-order valence-electron chi connectivity index (χ3n) is 3.27. The van der Waals surface area contributed by atoms with E-state index in [4.69, 9.17) is 4.74 Å². The predicted molar refractivity (Wildman–Crippen MR) is 97.4 cm³/mol. The van der Waals surface area contributed by atoms with Crippen LogP contribution in [0.4, 0.5) is 0 Å². The normalized spacial score (nSPS) is 10.8. The molecule has 0 saturated heterocycles. The monoisotopic (exact) mass is 366 g/mol. The second-order valence-electron chi connectivity index (χ2n) is 5.19. The second-order valence-corrected chi connectivity index (χ2v) is 7.18. The van der Waals surface area contributed by atoms with Crippen LogP contribution in [-0.2, 0) is 22.3 Å². The maximum Gasteiger partial charge on any atom is 0.230 e. The van der Waals surface area contributed by atoms with E-state index >= 15 is 0 Å². The predicted octanol–water partition coefficient (Wildman–Crippen LogP) is 2.27. The molecule has 1 N–H and O–H groups in total. The van der Waals surface area contributed by atoms with Crippen LogP contribution in [0.5, 0.6) is 0 Å². The highest BCUT2D eigenvalue weighted by atomic mass is 32.2. The SMILES string of the molecule is COCCNC(=O)CSc1nnc(CSc2ccc(C)cc2)n1C. The minimum Gasteiger partial charge on any atom is -0.383 e. The molecule has 0 bridgehead atoms. The molecule has 0 saturated carbocycles. The first-order valence-electron chi connectivity index (χ1n) is 7.56. The molecule has 0 atom stereocenters. The topological polar surface area (TPSA) is 69.0 Å². The van der Waals surface area contributed by atoms with Crippen LogP contribution in [0.15, 0.2) is 34.3 Å². The summed E-state index contributed by atoms with van der Waals surface area (Å²) >= 11 is 3.11. The van der Waals surface area contributed by atoms with Crippen LogP contribution in [0.3, 0.4) is 0 Å². The summed E-state index contributed by atoms with van der Waals surface area (Å²) in [6.07, 6.45) is 0. The Bertz CT molecular complexity index is 659. The van der Waals surface area contributed by atoms with Crippen molar-refractivity contribution in [3.05, 3.63) is 35.7 Å². The third kappa shape index (κ3) is 5.85. The lowest BCUT2D eigenvalue weighted by Crippen LogP contribution is -2.28. The summed E-state index contributed by atoms with van der Waals surface area (Å²) in [6, 6.07) is 8.41. The Hall–Kier alpha value is -1.51. The number of aryl methyl sites for hydroxylation is 1. The zero-order valence-corrected chi connectivity index (χ0v) is 15.7. The molecule has 0 unspecified atom stereocenters. The number of benzene rings is 1. The molecule has 8 heteroatoms. The van der Waals surface area contributed by atoms with Gasteiger partial charge in [-0.25, -0.2) is 0 Å². The summed E-state index contributed by atoms with van der Waals surface area (Å²) in [6.45, 7) is 3.11. The van der Waals surface area contributed by atoms with E-state index in [1.165, 1.54) is 22.2 Å². The van der Waals surface area contributed by atoms with Crippen LogP contribution in [0.2, 0.25) is 0 Å². The van der Waals surface area contributed by atoms with E-state index in [0.29, 0.717) is 18.9 Å². The first kappa shape index (κ1) is 18.8. The maximum absolute atomic E-state index is 11.7. The summed E-state index contributed by atoms with van der Waals surface area (Å²) in [5.74, 6) is 1.92. The van der Waals surface area contributed by atoms with Gasteiger partial charge in [0.15, 0.2) is 5.16 Å². The van der Waals surface area contributed by atoms with Gasteiger partial charge >= 0.3 is 0 Å². The van der Waals surface area contributed by atoms with Crippen molar-refractivity contribution in [2.24, 2.45) is 7.05 Å². The minimum atomic E-state index is -0.0318. The van der Waals surface area contributed by atoms with Crippen LogP contribution in [0.1, 0.15) is 11.4 Å². The number of hydrogen-bond donors (Lipinski definition) is 1. The van der Waals surface area contributed by atoms with Crippen molar-refractivity contribution in [2.45, 2.75) is 22.7 Å². The van der Waals surface area contributed by atoms with Gasteiger partial charge in [-0.3, -0.25) is 4.79 Å². The number of methoxy groups -OCH3 is 1. The Balaban J connectivity index is 1.82. The number of hydrogen-bond acceptors (Lipinski definition) is 6. The van der Waals surface area contributed by atoms with Gasteiger partial charge in [0.05, 0.1) is 18.1 Å². The van der Waals surface area contributed by atoms with E-state index in [0.717, 1.165) is 16.7 Å². The van der Waals surface area contributed by atoms with Crippen LogP contribution in [0.25, 0.3) is 0 Å². The molecule has 0 spiro atoms. The number of carbonyl (C=O) groups excluding carboxylic acids is 1. The lowest BCUT2D eigenvalue weighted by Gasteiger charge is -2.05. The molecule has 6 nitrogen and oxygen atoms in total. The smallest absolute Gasteiger partial charge is 0.230 e. The van der Waals surface area contributed by atoms with E-state index < -0.39 is 0 Å². The molecular formula is C16H22N4O2S2. The van der Waals surface area contributed by atoms with Gasteiger partial charge in [-0.05, 0) is 19.1 Å². The van der Waals surface area contributed by atoms with Gasteiger partial charge in [0.1, 0.15) is 5.82 Å². The summed E-state index contributed by atoms with van der Waals surface area (Å²) < 4.78 is 6.84. The van der Waals surface area contributed by atoms with Gasteiger partial charge in [-0.2, -0.15) is 0 Å². The van der Waals surface area contributed by atoms with E-state index in [1.54, 1.807) is 18.9 Å². The summed E-state index contributed by atoms with van der Waals surface area (Å²) in [5.41, 5.74) is 1.25. The van der Waals surface area contributed by atoms with E-state index in [2.05, 4.69) is 46.7 Å². The molecule has 2 aromatic rings. The van der Waals surface area contributed by atoms with Crippen LogP contribution in [0, 0.1) is 6.92 Å². The minimum absolute atomic E-state index is 0.0318. The molecule has 0 radical (unpaired) electrons. The Labute approximate surface area is 150 Å². The van der Waals surface area contributed by atoms with E-state index in [9.17, 15) is 4.79 Å². The molecule has 2 rings (SSSR count). The molecule has 1 aromatic carbocycles. The summed E-state index contributed by atoms with van der Waals surface area (Å²) in [4.78, 5) is 12.9. The Morgan fingerprint density at radius 2 is 2.00 bits per heavy atom. The van der Waals surface area contributed by atoms with Crippen LogP contribution >= 0.6 is 23.5 Å². The third-order valence-corrected chi connectivity index (χ3v) is 5.30. The molecule has 0 aliphatic heterocycles. The standard InChI is InChI=1S/C16H22N4O2S2/c1-12-4-6-13(7-5-12)23-10-14-18-19-16(20(14)2)24-11-15(21)17-8-9-22-3/h4-7H,8-11H2,1-3H3,(H,17,21). The fourth-order valence-electron chi connectivity index (χ4n) is 1.85. The van der Waals surface area contributed by atoms with Gasteiger partial charge in [0.25, 0.3) is 0 Å². The zero-order valence-electron chi connectivity index (χ0n) is 14.1. The molecule has 0 fully saturated rings. The van der Waals surface area contributed by atoms with Gasteiger partial charge in [-0.1, -0.05) is 29.5 Å². The van der Waals surface area contributed by atoms with Crippen LogP contribution in [-0.4, -0.2) is 46.7 Å². The maximum atomic E-state index is 11.7. The number of thioether (sulfide) groups is 2. The number of nitrogens with zero attached hydrogens (tertiary/aromatic N) is 3. The lowest BCUT2D eigenvalue weighted by atomic mass is 10.2. The zero-order chi connectivity index (χ0) is 17.4. The van der Waals surface area contributed by atoms with Crippen molar-refractivity contribution in [1.29, 1.82) is 0 Å². The first-order valence-corrected chi connectivity index (χ1v) is 9.53. The quantitative estimate of drug-likeness (QED) is 0.542. The molecule has 1 amide bonds. The van der Waals surface area contributed by atoms with Crippen molar-refractivity contribution in [2.75, 3.05) is 26.0 Å². The number of carbonyl (C=O) groups is 1. The van der Waals surface area contributed by atoms with Gasteiger partial charge < -0.3 is 14.6 Å². The average Bonchev–Trinajstić information content (AvgIpc) is 2.93. The van der Waals surface area contributed by atoms with Crippen molar-refractivity contribution in [3.63, 3.8) is 0 Å². The molecule has 1 heterocycles. The fraction of sp³-hybridized carbons (Fsp3) is 0.438. The van der Waals surface area contributed by atoms with Crippen molar-refractivity contribution in [3.8, 4) is 0 Å². The number of amides is 1. The number of rotatable bonds is 9. The number of aromatic nitrogens is 3. The molecular weight excluding hydrogens is 344 g/mol. The molecule has 130 valence electrons. The van der Waals surface area contributed by atoms with Crippen LogP contribution < -0.4 is 5.32 Å². The van der Waals surface area contributed by atoms with Gasteiger partial charge in [0.2, 0.25) is 5.91 Å². The summed E-state index contributed by atoms with van der Waals surface area (Å²) in [7, 11) is 3.53. The average molecular weight is 367 g/mol. The van der Waals surface area contributed by atoms with Gasteiger partial charge in [0, 0.05) is 25.6 Å². The molecule has 0 aliphatic rings. The highest BCUT2D eigenvalue weighted by molar-refractivity contribution is 7.99. The molecule has 24 heavy (non-hydrogen) atoms. The van der Waals surface area contributed by atoms with E-state index in [1.807, 2.05) is 11.6 Å². The Morgan fingerprint density at radius 1 is 1.25 bits per heavy atom. The first-order chi connectivity index (χ1) is 11.6. The highest BCUT2D eigenvalue weighted by Gasteiger charge is 2.11. The number of nitrogens with one attached hydrogen (secondary N) is 1. The van der Waals surface area contributed by atoms with Crippen molar-refractivity contribution < 1.29 is 9.53 Å². The Kier molecular flexibility index (Phi) is 7.61. The summed E-state index contributed by atoms with van der Waals surface area (Å²) in [5, 5.41) is 11.9. The second kappa shape index (κ2) is 9.71. The largest absolute Gasteiger partial charge is 0.383 e. The number of ether oxygens (including phenoxy) is 1. The van der Waals surface area contributed by atoms with Crippen molar-refractivity contribution >= 4 is 29.4 Å². The molecule has 1 aromatic heterocycles. The molecule has 0 aliphatic carbocycles. The Morgan fingerprint density at radius 3 is 2.71 bits per heavy atom. The highest BCUT2D eigenvalue weighted by Crippen LogP contribution is 2.24. The lowest BCUT2D eigenvalue weighted by molar-refractivity contribution is -0.118.